The highest BCUT2D eigenvalue weighted by molar-refractivity contribution is 14.0. The van der Waals surface area contributed by atoms with E-state index in [1.54, 1.807) is 12.4 Å². The number of aromatic nitrogens is 2. The molecule has 0 bridgehead atoms. The lowest BCUT2D eigenvalue weighted by Crippen LogP contribution is -2.39. The van der Waals surface area contributed by atoms with Crippen LogP contribution in [0.3, 0.4) is 0 Å². The third-order valence-electron chi connectivity index (χ3n) is 4.44. The molecule has 1 aromatic heterocycles. The van der Waals surface area contributed by atoms with Crippen LogP contribution in [0.4, 0.5) is 5.95 Å². The maximum atomic E-state index is 6.00. The monoisotopic (exact) mass is 466 g/mol. The van der Waals surface area contributed by atoms with Crippen LogP contribution in [-0.4, -0.2) is 42.1 Å². The van der Waals surface area contributed by atoms with E-state index in [-0.39, 0.29) is 24.0 Å². The van der Waals surface area contributed by atoms with Crippen LogP contribution in [0.2, 0.25) is 0 Å². The van der Waals surface area contributed by atoms with Gasteiger partial charge in [-0.2, -0.15) is 0 Å². The summed E-state index contributed by atoms with van der Waals surface area (Å²) in [5.74, 6) is 1.83. The Kier molecular flexibility index (Phi) is 8.60. The van der Waals surface area contributed by atoms with Crippen LogP contribution in [0, 0.1) is 5.92 Å². The van der Waals surface area contributed by atoms with E-state index in [1.807, 2.05) is 12.1 Å². The Morgan fingerprint density at radius 2 is 1.96 bits per heavy atom. The van der Waals surface area contributed by atoms with Crippen molar-refractivity contribution in [3.63, 3.8) is 0 Å². The van der Waals surface area contributed by atoms with E-state index in [2.05, 4.69) is 49.4 Å². The molecule has 7 heteroatoms. The van der Waals surface area contributed by atoms with Crippen molar-refractivity contribution in [3.8, 4) is 0 Å². The van der Waals surface area contributed by atoms with E-state index in [9.17, 15) is 0 Å². The molecule has 3 rings (SSSR count). The van der Waals surface area contributed by atoms with Gasteiger partial charge in [0.25, 0.3) is 0 Å². The summed E-state index contributed by atoms with van der Waals surface area (Å²) in [6.07, 6.45) is 6.83. The van der Waals surface area contributed by atoms with E-state index in [0.29, 0.717) is 11.9 Å². The van der Waals surface area contributed by atoms with Crippen molar-refractivity contribution in [2.75, 3.05) is 31.1 Å². The van der Waals surface area contributed by atoms with E-state index in [4.69, 9.17) is 5.73 Å². The van der Waals surface area contributed by atoms with Gasteiger partial charge in [0.1, 0.15) is 0 Å². The zero-order valence-corrected chi connectivity index (χ0v) is 17.3. The predicted molar refractivity (Wildman–Crippen MR) is 117 cm³/mol. The summed E-state index contributed by atoms with van der Waals surface area (Å²) in [4.78, 5) is 15.4. The van der Waals surface area contributed by atoms with Gasteiger partial charge in [0.15, 0.2) is 5.96 Å². The third kappa shape index (κ3) is 6.44. The molecule has 2 aromatic rings. The lowest BCUT2D eigenvalue weighted by Gasteiger charge is -2.31. The number of guanidine groups is 1. The second-order valence-corrected chi connectivity index (χ2v) is 6.39. The Bertz CT molecular complexity index is 664. The summed E-state index contributed by atoms with van der Waals surface area (Å²) in [5, 5.41) is 3.20. The summed E-state index contributed by atoms with van der Waals surface area (Å²) in [6, 6.07) is 12.2. The van der Waals surface area contributed by atoms with Gasteiger partial charge in [-0.1, -0.05) is 30.3 Å². The Hall–Kier alpha value is -1.90. The van der Waals surface area contributed by atoms with Gasteiger partial charge in [-0.15, -0.1) is 24.0 Å². The molecular weight excluding hydrogens is 439 g/mol. The topological polar surface area (TPSA) is 79.4 Å². The number of hydrogen-bond acceptors (Lipinski definition) is 4. The minimum absolute atomic E-state index is 0. The van der Waals surface area contributed by atoms with Crippen molar-refractivity contribution in [2.45, 2.75) is 19.3 Å². The fraction of sp³-hybridized carbons (Fsp3) is 0.421. The number of anilines is 1. The molecule has 6 nitrogen and oxygen atoms in total. The van der Waals surface area contributed by atoms with Crippen molar-refractivity contribution in [2.24, 2.45) is 16.6 Å². The summed E-state index contributed by atoms with van der Waals surface area (Å²) in [7, 11) is 0. The van der Waals surface area contributed by atoms with Gasteiger partial charge in [-0.3, -0.25) is 4.99 Å². The number of benzene rings is 1. The first kappa shape index (κ1) is 20.4. The molecule has 3 N–H and O–H groups in total. The molecule has 0 spiro atoms. The SMILES string of the molecule is I.NC(=NCC1CCCN(c2ncccn2)C1)NCCc1ccccc1. The number of halogens is 1. The first-order valence-electron chi connectivity index (χ1n) is 8.91. The second kappa shape index (κ2) is 10.9. The number of hydrogen-bond donors (Lipinski definition) is 2. The molecule has 0 radical (unpaired) electrons. The fourth-order valence-corrected chi connectivity index (χ4v) is 3.11. The van der Waals surface area contributed by atoms with Crippen molar-refractivity contribution >= 4 is 35.9 Å². The van der Waals surface area contributed by atoms with Crippen LogP contribution in [0.15, 0.2) is 53.8 Å². The minimum atomic E-state index is 0. The Morgan fingerprint density at radius 1 is 1.19 bits per heavy atom. The van der Waals surface area contributed by atoms with Gasteiger partial charge < -0.3 is 16.0 Å². The first-order chi connectivity index (χ1) is 12.3. The van der Waals surface area contributed by atoms with Crippen molar-refractivity contribution in [1.82, 2.24) is 15.3 Å². The van der Waals surface area contributed by atoms with Gasteiger partial charge >= 0.3 is 0 Å². The molecule has 1 atom stereocenters. The molecule has 140 valence electrons. The first-order valence-corrected chi connectivity index (χ1v) is 8.91. The summed E-state index contributed by atoms with van der Waals surface area (Å²) >= 11 is 0. The highest BCUT2D eigenvalue weighted by atomic mass is 127. The molecular formula is C19H27IN6. The zero-order valence-electron chi connectivity index (χ0n) is 14.9. The van der Waals surface area contributed by atoms with Crippen LogP contribution in [0.1, 0.15) is 18.4 Å². The number of piperidine rings is 1. The van der Waals surface area contributed by atoms with Gasteiger partial charge in [0.2, 0.25) is 5.95 Å². The molecule has 1 saturated heterocycles. The molecule has 0 saturated carbocycles. The molecule has 26 heavy (non-hydrogen) atoms. The largest absolute Gasteiger partial charge is 0.370 e. The van der Waals surface area contributed by atoms with Crippen LogP contribution in [-0.2, 0) is 6.42 Å². The highest BCUT2D eigenvalue weighted by Gasteiger charge is 2.21. The quantitative estimate of drug-likeness (QED) is 0.389. The van der Waals surface area contributed by atoms with Crippen molar-refractivity contribution in [3.05, 3.63) is 54.4 Å². The molecule has 1 aromatic carbocycles. The normalized spacial score (nSPS) is 17.5. The summed E-state index contributed by atoms with van der Waals surface area (Å²) in [6.45, 7) is 3.49. The summed E-state index contributed by atoms with van der Waals surface area (Å²) in [5.41, 5.74) is 7.30. The zero-order chi connectivity index (χ0) is 17.3. The maximum absolute atomic E-state index is 6.00. The molecule has 1 aliphatic rings. The van der Waals surface area contributed by atoms with Crippen LogP contribution in [0.25, 0.3) is 0 Å². The second-order valence-electron chi connectivity index (χ2n) is 6.39. The van der Waals surface area contributed by atoms with E-state index in [0.717, 1.165) is 45.0 Å². The smallest absolute Gasteiger partial charge is 0.225 e. The molecule has 1 unspecified atom stereocenters. The average Bonchev–Trinajstić information content (AvgIpc) is 2.68. The Morgan fingerprint density at radius 3 is 2.73 bits per heavy atom. The number of nitrogens with zero attached hydrogens (tertiary/aromatic N) is 4. The highest BCUT2D eigenvalue weighted by Crippen LogP contribution is 2.20. The Labute approximate surface area is 172 Å². The predicted octanol–water partition coefficient (Wildman–Crippen LogP) is 2.46. The molecule has 2 heterocycles. The summed E-state index contributed by atoms with van der Waals surface area (Å²) < 4.78 is 0. The number of aliphatic imine (C=N–C) groups is 1. The van der Waals surface area contributed by atoms with Crippen LogP contribution >= 0.6 is 24.0 Å². The Balaban J connectivity index is 0.00000243. The number of nitrogens with one attached hydrogen (secondary N) is 1. The molecule has 0 amide bonds. The van der Waals surface area contributed by atoms with Gasteiger partial charge in [-0.05, 0) is 36.8 Å². The van der Waals surface area contributed by atoms with Gasteiger partial charge in [0.05, 0.1) is 0 Å². The standard InChI is InChI=1S/C19H26N6.HI/c20-18(21-12-9-16-6-2-1-3-7-16)24-14-17-8-4-13-25(15-17)19-22-10-5-11-23-19;/h1-3,5-7,10-11,17H,4,8-9,12-15H2,(H3,20,21,24);1H. The molecule has 1 aliphatic heterocycles. The average molecular weight is 466 g/mol. The van der Waals surface area contributed by atoms with E-state index >= 15 is 0 Å². The fourth-order valence-electron chi connectivity index (χ4n) is 3.11. The maximum Gasteiger partial charge on any atom is 0.225 e. The van der Waals surface area contributed by atoms with Crippen molar-refractivity contribution < 1.29 is 0 Å². The minimum Gasteiger partial charge on any atom is -0.370 e. The lowest BCUT2D eigenvalue weighted by atomic mass is 9.98. The van der Waals surface area contributed by atoms with Crippen LogP contribution in [0.5, 0.6) is 0 Å². The van der Waals surface area contributed by atoms with E-state index < -0.39 is 0 Å². The van der Waals surface area contributed by atoms with Gasteiger partial charge in [0, 0.05) is 38.6 Å². The van der Waals surface area contributed by atoms with Crippen LogP contribution < -0.4 is 16.0 Å². The molecule has 0 aliphatic carbocycles. The third-order valence-corrected chi connectivity index (χ3v) is 4.44. The van der Waals surface area contributed by atoms with Crippen molar-refractivity contribution in [1.29, 1.82) is 0 Å². The number of rotatable bonds is 6. The van der Waals surface area contributed by atoms with E-state index in [1.165, 1.54) is 12.0 Å². The van der Waals surface area contributed by atoms with Gasteiger partial charge in [-0.25, -0.2) is 9.97 Å². The lowest BCUT2D eigenvalue weighted by molar-refractivity contribution is 0.420. The molecule has 1 fully saturated rings. The number of nitrogens with two attached hydrogens (primary N) is 1.